The van der Waals surface area contributed by atoms with Crippen molar-refractivity contribution in [2.75, 3.05) is 6.61 Å². The lowest BCUT2D eigenvalue weighted by molar-refractivity contribution is 0.102. The number of ether oxygens (including phenoxy) is 1. The van der Waals surface area contributed by atoms with Gasteiger partial charge in [-0.3, -0.25) is 0 Å². The Hall–Kier alpha value is 0.137. The van der Waals surface area contributed by atoms with Gasteiger partial charge in [0.1, 0.15) is 0 Å². The van der Waals surface area contributed by atoms with Gasteiger partial charge in [0.15, 0.2) is 9.76 Å². The normalized spacial score (nSPS) is 37.6. The van der Waals surface area contributed by atoms with Crippen molar-refractivity contribution in [3.8, 4) is 0 Å². The zero-order valence-corrected chi connectivity index (χ0v) is 9.91. The minimum Gasteiger partial charge on any atom is -0.421 e. The summed E-state index contributed by atoms with van der Waals surface area (Å²) in [5, 5.41) is 0. The maximum absolute atomic E-state index is 5.94. The summed E-state index contributed by atoms with van der Waals surface area (Å²) < 4.78 is 11.2. The monoisotopic (exact) mass is 200 g/mol. The molecule has 3 heteroatoms. The van der Waals surface area contributed by atoms with Crippen molar-refractivity contribution in [2.24, 2.45) is 5.92 Å². The third kappa shape index (κ3) is 2.79. The van der Waals surface area contributed by atoms with Gasteiger partial charge in [-0.1, -0.05) is 19.8 Å². The van der Waals surface area contributed by atoms with Crippen molar-refractivity contribution in [2.45, 2.75) is 50.9 Å². The lowest BCUT2D eigenvalue weighted by Gasteiger charge is -2.29. The van der Waals surface area contributed by atoms with Crippen LogP contribution in [-0.2, 0) is 9.16 Å². The Morgan fingerprint density at radius 1 is 1.54 bits per heavy atom. The molecule has 13 heavy (non-hydrogen) atoms. The molecule has 0 saturated carbocycles. The number of hydrogen-bond donors (Lipinski definition) is 0. The first-order chi connectivity index (χ1) is 6.40. The summed E-state index contributed by atoms with van der Waals surface area (Å²) in [6, 6.07) is 1.40. The minimum absolute atomic E-state index is 0.145. The van der Waals surface area contributed by atoms with Gasteiger partial charge in [0.05, 0.1) is 12.7 Å². The largest absolute Gasteiger partial charge is 0.421 e. The molecule has 0 aromatic carbocycles. The zero-order chi connectivity index (χ0) is 9.10. The van der Waals surface area contributed by atoms with E-state index in [9.17, 15) is 0 Å². The molecule has 2 saturated heterocycles. The Bertz CT molecular complexity index is 153. The SMILES string of the molecule is CCC(CC1CO1)C1CCC[SiH2]O1. The molecule has 0 aromatic rings. The lowest BCUT2D eigenvalue weighted by Crippen LogP contribution is -2.29. The topological polar surface area (TPSA) is 21.8 Å². The molecule has 76 valence electrons. The molecule has 0 radical (unpaired) electrons. The smallest absolute Gasteiger partial charge is 0.161 e. The number of epoxide rings is 1. The summed E-state index contributed by atoms with van der Waals surface area (Å²) in [5.74, 6) is 0.778. The van der Waals surface area contributed by atoms with Crippen molar-refractivity contribution in [3.05, 3.63) is 0 Å². The van der Waals surface area contributed by atoms with Crippen molar-refractivity contribution in [3.63, 3.8) is 0 Å². The molecule has 2 rings (SSSR count). The van der Waals surface area contributed by atoms with Gasteiger partial charge in [-0.15, -0.1) is 0 Å². The molecule has 0 aromatic heterocycles. The molecule has 3 unspecified atom stereocenters. The molecule has 0 aliphatic carbocycles. The van der Waals surface area contributed by atoms with E-state index in [-0.39, 0.29) is 9.76 Å². The van der Waals surface area contributed by atoms with Crippen LogP contribution in [0.1, 0.15) is 32.6 Å². The summed E-state index contributed by atoms with van der Waals surface area (Å²) >= 11 is 0. The van der Waals surface area contributed by atoms with E-state index in [0.29, 0.717) is 12.2 Å². The van der Waals surface area contributed by atoms with Crippen LogP contribution in [0.5, 0.6) is 0 Å². The summed E-state index contributed by atoms with van der Waals surface area (Å²) in [4.78, 5) is 0. The van der Waals surface area contributed by atoms with Gasteiger partial charge in [0.2, 0.25) is 0 Å². The second-order valence-corrected chi connectivity index (χ2v) is 5.71. The zero-order valence-electron chi connectivity index (χ0n) is 8.50. The Morgan fingerprint density at radius 2 is 2.38 bits per heavy atom. The van der Waals surface area contributed by atoms with Gasteiger partial charge in [-0.25, -0.2) is 0 Å². The average molecular weight is 200 g/mol. The summed E-state index contributed by atoms with van der Waals surface area (Å²) in [5.41, 5.74) is 0. The molecule has 0 amide bonds. The van der Waals surface area contributed by atoms with Crippen molar-refractivity contribution in [1.82, 2.24) is 0 Å². The first-order valence-electron chi connectivity index (χ1n) is 5.63. The maximum Gasteiger partial charge on any atom is 0.161 e. The van der Waals surface area contributed by atoms with E-state index in [1.165, 1.54) is 31.7 Å². The van der Waals surface area contributed by atoms with Gasteiger partial charge >= 0.3 is 0 Å². The molecule has 0 N–H and O–H groups in total. The van der Waals surface area contributed by atoms with Gasteiger partial charge < -0.3 is 9.16 Å². The van der Waals surface area contributed by atoms with Crippen LogP contribution in [0.2, 0.25) is 6.04 Å². The van der Waals surface area contributed by atoms with Crippen LogP contribution in [-0.4, -0.2) is 28.6 Å². The van der Waals surface area contributed by atoms with E-state index in [1.54, 1.807) is 0 Å². The summed E-state index contributed by atoms with van der Waals surface area (Å²) in [6.45, 7) is 3.28. The third-order valence-electron chi connectivity index (χ3n) is 3.23. The van der Waals surface area contributed by atoms with Crippen LogP contribution in [0.15, 0.2) is 0 Å². The molecule has 0 bridgehead atoms. The highest BCUT2D eigenvalue weighted by Gasteiger charge is 2.31. The van der Waals surface area contributed by atoms with Crippen molar-refractivity contribution in [1.29, 1.82) is 0 Å². The second-order valence-electron chi connectivity index (χ2n) is 4.26. The Morgan fingerprint density at radius 3 is 2.92 bits per heavy atom. The molecule has 2 nitrogen and oxygen atoms in total. The molecule has 2 aliphatic rings. The Balaban J connectivity index is 1.78. The predicted octanol–water partition coefficient (Wildman–Crippen LogP) is 1.48. The van der Waals surface area contributed by atoms with E-state index in [1.807, 2.05) is 0 Å². The highest BCUT2D eigenvalue weighted by molar-refractivity contribution is 6.27. The second kappa shape index (κ2) is 4.58. The summed E-state index contributed by atoms with van der Waals surface area (Å²) in [6.07, 6.45) is 6.40. The molecule has 0 spiro atoms. The van der Waals surface area contributed by atoms with Crippen molar-refractivity contribution >= 4 is 9.76 Å². The first-order valence-corrected chi connectivity index (χ1v) is 7.21. The van der Waals surface area contributed by atoms with Crippen molar-refractivity contribution < 1.29 is 9.16 Å². The molecule has 2 fully saturated rings. The van der Waals surface area contributed by atoms with Gasteiger partial charge in [0.25, 0.3) is 0 Å². The minimum atomic E-state index is -0.145. The Kier molecular flexibility index (Phi) is 3.41. The molecular formula is C10H20O2Si. The fourth-order valence-corrected chi connectivity index (χ4v) is 3.66. The summed E-state index contributed by atoms with van der Waals surface area (Å²) in [7, 11) is -0.145. The van der Waals surface area contributed by atoms with E-state index in [4.69, 9.17) is 9.16 Å². The van der Waals surface area contributed by atoms with Crippen LogP contribution < -0.4 is 0 Å². The molecule has 3 atom stereocenters. The predicted molar refractivity (Wildman–Crippen MR) is 55.6 cm³/mol. The van der Waals surface area contributed by atoms with Crippen LogP contribution in [0, 0.1) is 5.92 Å². The highest BCUT2D eigenvalue weighted by atomic mass is 28.2. The molecule has 2 heterocycles. The van der Waals surface area contributed by atoms with Crippen LogP contribution in [0.3, 0.4) is 0 Å². The lowest BCUT2D eigenvalue weighted by atomic mass is 9.91. The van der Waals surface area contributed by atoms with Gasteiger partial charge in [-0.2, -0.15) is 0 Å². The van der Waals surface area contributed by atoms with Crippen LogP contribution in [0.4, 0.5) is 0 Å². The fourth-order valence-electron chi connectivity index (χ4n) is 2.26. The maximum atomic E-state index is 5.94. The standard InChI is InChI=1S/C10H20O2Si/c1-2-8(6-9-7-11-9)10-4-3-5-13-12-10/h8-10H,2-7,13H2,1H3. The van der Waals surface area contributed by atoms with Gasteiger partial charge in [0, 0.05) is 6.10 Å². The molecular weight excluding hydrogens is 180 g/mol. The number of rotatable bonds is 4. The van der Waals surface area contributed by atoms with E-state index in [0.717, 1.165) is 12.5 Å². The first kappa shape index (κ1) is 9.68. The van der Waals surface area contributed by atoms with Gasteiger partial charge in [-0.05, 0) is 24.8 Å². The molecule has 2 aliphatic heterocycles. The van der Waals surface area contributed by atoms with E-state index < -0.39 is 0 Å². The number of hydrogen-bond acceptors (Lipinski definition) is 2. The third-order valence-corrected chi connectivity index (χ3v) is 4.69. The average Bonchev–Trinajstić information content (AvgIpc) is 2.99. The van der Waals surface area contributed by atoms with E-state index in [2.05, 4.69) is 6.92 Å². The highest BCUT2D eigenvalue weighted by Crippen LogP contribution is 2.29. The Labute approximate surface area is 82.9 Å². The van der Waals surface area contributed by atoms with Crippen LogP contribution >= 0.6 is 0 Å². The quantitative estimate of drug-likeness (QED) is 0.506. The van der Waals surface area contributed by atoms with Crippen LogP contribution in [0.25, 0.3) is 0 Å². The van der Waals surface area contributed by atoms with E-state index >= 15 is 0 Å². The fraction of sp³-hybridized carbons (Fsp3) is 1.00.